The smallest absolute Gasteiger partial charge is 0.406 e. The topological polar surface area (TPSA) is 47.6 Å². The molecule has 0 saturated carbocycles. The van der Waals surface area contributed by atoms with Crippen LogP contribution < -0.4 is 5.32 Å². The average molecular weight is 175 g/mol. The van der Waals surface area contributed by atoms with Gasteiger partial charge in [0.05, 0.1) is 13.2 Å². The molecule has 0 unspecified atom stereocenters. The Labute approximate surface area is 73.2 Å². The Morgan fingerprint density at radius 3 is 2.67 bits per heavy atom. The van der Waals surface area contributed by atoms with Crippen molar-refractivity contribution in [1.82, 2.24) is 5.32 Å². The Hall–Kier alpha value is -0.770. The van der Waals surface area contributed by atoms with E-state index < -0.39 is 0 Å². The Morgan fingerprint density at radius 2 is 2.17 bits per heavy atom. The third-order valence-electron chi connectivity index (χ3n) is 1.23. The summed E-state index contributed by atoms with van der Waals surface area (Å²) in [7, 11) is 1.35. The predicted molar refractivity (Wildman–Crippen MR) is 46.1 cm³/mol. The van der Waals surface area contributed by atoms with Gasteiger partial charge in [-0.1, -0.05) is 0 Å². The van der Waals surface area contributed by atoms with Crippen molar-refractivity contribution in [2.75, 3.05) is 20.3 Å². The molecule has 0 bridgehead atoms. The summed E-state index contributed by atoms with van der Waals surface area (Å²) in [6, 6.07) is 0. The number of carbonyl (C=O) groups is 1. The molecule has 0 aliphatic carbocycles. The zero-order chi connectivity index (χ0) is 9.40. The molecule has 0 spiro atoms. The zero-order valence-corrected chi connectivity index (χ0v) is 7.92. The summed E-state index contributed by atoms with van der Waals surface area (Å²) in [5.41, 5.74) is 0. The Bertz CT molecular complexity index is 125. The van der Waals surface area contributed by atoms with E-state index in [-0.39, 0.29) is 12.2 Å². The normalized spacial score (nSPS) is 10.0. The molecule has 4 heteroatoms. The first-order valence-corrected chi connectivity index (χ1v) is 4.10. The number of carbonyl (C=O) groups excluding carboxylic acids is 1. The second-order valence-corrected chi connectivity index (χ2v) is 2.69. The SMILES string of the molecule is COC(=O)NCCCOC(C)C. The maximum Gasteiger partial charge on any atom is 0.406 e. The lowest BCUT2D eigenvalue weighted by atomic mass is 10.4. The minimum Gasteiger partial charge on any atom is -0.453 e. The molecule has 0 aliphatic rings. The highest BCUT2D eigenvalue weighted by Gasteiger charge is 1.96. The fraction of sp³-hybridized carbons (Fsp3) is 0.875. The number of nitrogens with one attached hydrogen (secondary N) is 1. The van der Waals surface area contributed by atoms with Gasteiger partial charge < -0.3 is 14.8 Å². The summed E-state index contributed by atoms with van der Waals surface area (Å²) in [4.78, 5) is 10.5. The summed E-state index contributed by atoms with van der Waals surface area (Å²) >= 11 is 0. The van der Waals surface area contributed by atoms with Gasteiger partial charge >= 0.3 is 6.09 Å². The van der Waals surface area contributed by atoms with E-state index >= 15 is 0 Å². The van der Waals surface area contributed by atoms with Crippen LogP contribution in [0.3, 0.4) is 0 Å². The molecule has 0 fully saturated rings. The summed E-state index contributed by atoms with van der Waals surface area (Å²) in [6.07, 6.45) is 0.676. The van der Waals surface area contributed by atoms with E-state index in [0.717, 1.165) is 6.42 Å². The highest BCUT2D eigenvalue weighted by Crippen LogP contribution is 1.89. The predicted octanol–water partition coefficient (Wildman–Crippen LogP) is 1.16. The van der Waals surface area contributed by atoms with Gasteiger partial charge in [-0.3, -0.25) is 0 Å². The Balaban J connectivity index is 3.05. The molecule has 0 rings (SSSR count). The highest BCUT2D eigenvalue weighted by molar-refractivity contribution is 5.66. The second kappa shape index (κ2) is 6.91. The van der Waals surface area contributed by atoms with Crippen LogP contribution in [0.25, 0.3) is 0 Å². The van der Waals surface area contributed by atoms with E-state index in [9.17, 15) is 4.79 Å². The molecule has 12 heavy (non-hydrogen) atoms. The molecule has 1 N–H and O–H groups in total. The van der Waals surface area contributed by atoms with Gasteiger partial charge in [0.1, 0.15) is 0 Å². The molecular weight excluding hydrogens is 158 g/mol. The number of methoxy groups -OCH3 is 1. The van der Waals surface area contributed by atoms with Crippen LogP contribution in [0.15, 0.2) is 0 Å². The maximum atomic E-state index is 10.5. The van der Waals surface area contributed by atoms with Gasteiger partial charge in [-0.25, -0.2) is 4.79 Å². The fourth-order valence-electron chi connectivity index (χ4n) is 0.654. The third-order valence-corrected chi connectivity index (χ3v) is 1.23. The van der Waals surface area contributed by atoms with Crippen molar-refractivity contribution < 1.29 is 14.3 Å². The molecule has 0 radical (unpaired) electrons. The number of ether oxygens (including phenoxy) is 2. The summed E-state index contributed by atoms with van der Waals surface area (Å²) in [6.45, 7) is 5.22. The molecule has 4 nitrogen and oxygen atoms in total. The van der Waals surface area contributed by atoms with Crippen LogP contribution in [0.1, 0.15) is 20.3 Å². The number of hydrogen-bond acceptors (Lipinski definition) is 3. The molecule has 72 valence electrons. The van der Waals surface area contributed by atoms with E-state index in [1.54, 1.807) is 0 Å². The number of rotatable bonds is 5. The third kappa shape index (κ3) is 7.34. The zero-order valence-electron chi connectivity index (χ0n) is 7.92. The molecule has 0 saturated heterocycles. The van der Waals surface area contributed by atoms with Crippen molar-refractivity contribution >= 4 is 6.09 Å². The van der Waals surface area contributed by atoms with Crippen LogP contribution >= 0.6 is 0 Å². The van der Waals surface area contributed by atoms with Crippen molar-refractivity contribution in [2.45, 2.75) is 26.4 Å². The van der Waals surface area contributed by atoms with Crippen LogP contribution in [0, 0.1) is 0 Å². The van der Waals surface area contributed by atoms with Crippen molar-refractivity contribution in [2.24, 2.45) is 0 Å². The largest absolute Gasteiger partial charge is 0.453 e. The lowest BCUT2D eigenvalue weighted by Gasteiger charge is -2.07. The first-order chi connectivity index (χ1) is 5.66. The van der Waals surface area contributed by atoms with E-state index in [1.165, 1.54) is 7.11 Å². The summed E-state index contributed by atoms with van der Waals surface area (Å²) in [5, 5.41) is 2.56. The molecule has 0 aromatic heterocycles. The van der Waals surface area contributed by atoms with Gasteiger partial charge in [-0.15, -0.1) is 0 Å². The molecular formula is C8H17NO3. The Kier molecular flexibility index (Phi) is 6.47. The number of amides is 1. The first-order valence-electron chi connectivity index (χ1n) is 4.10. The summed E-state index contributed by atoms with van der Waals surface area (Å²) < 4.78 is 9.65. The molecule has 0 aromatic carbocycles. The molecule has 0 heterocycles. The van der Waals surface area contributed by atoms with Gasteiger partial charge in [-0.05, 0) is 20.3 Å². The highest BCUT2D eigenvalue weighted by atomic mass is 16.5. The lowest BCUT2D eigenvalue weighted by molar-refractivity contribution is 0.0768. The lowest BCUT2D eigenvalue weighted by Crippen LogP contribution is -2.25. The van der Waals surface area contributed by atoms with Crippen LogP contribution in [-0.2, 0) is 9.47 Å². The van der Waals surface area contributed by atoms with Gasteiger partial charge in [0, 0.05) is 13.2 Å². The average Bonchev–Trinajstić information content (AvgIpc) is 2.03. The van der Waals surface area contributed by atoms with E-state index in [0.29, 0.717) is 13.2 Å². The molecule has 1 amide bonds. The quantitative estimate of drug-likeness (QED) is 0.638. The minimum atomic E-state index is -0.389. The monoisotopic (exact) mass is 175 g/mol. The standard InChI is InChI=1S/C8H17NO3/c1-7(2)12-6-4-5-9-8(10)11-3/h7H,4-6H2,1-3H3,(H,9,10). The fourth-order valence-corrected chi connectivity index (χ4v) is 0.654. The first kappa shape index (κ1) is 11.2. The van der Waals surface area contributed by atoms with Crippen LogP contribution in [0.4, 0.5) is 4.79 Å². The van der Waals surface area contributed by atoms with Crippen molar-refractivity contribution in [1.29, 1.82) is 0 Å². The Morgan fingerprint density at radius 1 is 1.50 bits per heavy atom. The van der Waals surface area contributed by atoms with Gasteiger partial charge in [0.25, 0.3) is 0 Å². The molecule has 0 aliphatic heterocycles. The number of hydrogen-bond donors (Lipinski definition) is 1. The summed E-state index contributed by atoms with van der Waals surface area (Å²) in [5.74, 6) is 0. The molecule has 0 atom stereocenters. The van der Waals surface area contributed by atoms with Crippen molar-refractivity contribution in [3.8, 4) is 0 Å². The minimum absolute atomic E-state index is 0.253. The van der Waals surface area contributed by atoms with Gasteiger partial charge in [-0.2, -0.15) is 0 Å². The van der Waals surface area contributed by atoms with Crippen molar-refractivity contribution in [3.63, 3.8) is 0 Å². The van der Waals surface area contributed by atoms with Gasteiger partial charge in [0.2, 0.25) is 0 Å². The second-order valence-electron chi connectivity index (χ2n) is 2.69. The van der Waals surface area contributed by atoms with E-state index in [1.807, 2.05) is 13.8 Å². The van der Waals surface area contributed by atoms with E-state index in [4.69, 9.17) is 4.74 Å². The van der Waals surface area contributed by atoms with Crippen LogP contribution in [0.5, 0.6) is 0 Å². The van der Waals surface area contributed by atoms with Crippen LogP contribution in [-0.4, -0.2) is 32.5 Å². The van der Waals surface area contributed by atoms with Crippen molar-refractivity contribution in [3.05, 3.63) is 0 Å². The van der Waals surface area contributed by atoms with E-state index in [2.05, 4.69) is 10.1 Å². The maximum absolute atomic E-state index is 10.5. The number of alkyl carbamates (subject to hydrolysis) is 1. The van der Waals surface area contributed by atoms with Crippen LogP contribution in [0.2, 0.25) is 0 Å². The molecule has 0 aromatic rings. The van der Waals surface area contributed by atoms with Gasteiger partial charge in [0.15, 0.2) is 0 Å².